The van der Waals surface area contributed by atoms with E-state index in [0.29, 0.717) is 12.5 Å². The number of para-hydroxylation sites is 1. The van der Waals surface area contributed by atoms with Crippen LogP contribution < -0.4 is 11.1 Å². The van der Waals surface area contributed by atoms with Crippen molar-refractivity contribution >= 4 is 17.3 Å². The second-order valence-corrected chi connectivity index (χ2v) is 4.50. The van der Waals surface area contributed by atoms with Crippen LogP contribution in [0.2, 0.25) is 0 Å². The molecule has 18 heavy (non-hydrogen) atoms. The summed E-state index contributed by atoms with van der Waals surface area (Å²) in [6.45, 7) is 0.612. The topological polar surface area (TPSA) is 98.3 Å². The fraction of sp³-hybridized carbons (Fsp3) is 0.417. The molecular weight excluding hydrogens is 234 g/mol. The van der Waals surface area contributed by atoms with Gasteiger partial charge in [-0.25, -0.2) is 0 Å². The van der Waals surface area contributed by atoms with Crippen molar-refractivity contribution in [1.29, 1.82) is 0 Å². The van der Waals surface area contributed by atoms with Crippen LogP contribution in [-0.2, 0) is 0 Å². The van der Waals surface area contributed by atoms with E-state index in [1.165, 1.54) is 24.6 Å². The van der Waals surface area contributed by atoms with E-state index >= 15 is 0 Å². The number of nitrogens with two attached hydrogens (primary N) is 1. The van der Waals surface area contributed by atoms with E-state index < -0.39 is 4.92 Å². The Labute approximate surface area is 104 Å². The number of nitrogens with one attached hydrogen (secondary N) is 1. The molecule has 1 aromatic carbocycles. The van der Waals surface area contributed by atoms with Gasteiger partial charge in [-0.3, -0.25) is 14.9 Å². The maximum absolute atomic E-state index is 11.9. The third-order valence-electron chi connectivity index (χ3n) is 3.30. The Hall–Kier alpha value is -2.11. The lowest BCUT2D eigenvalue weighted by molar-refractivity contribution is -0.383. The first-order valence-electron chi connectivity index (χ1n) is 5.90. The molecule has 1 aliphatic rings. The molecule has 0 radical (unpaired) electrons. The fourth-order valence-corrected chi connectivity index (χ4v) is 1.94. The molecule has 1 aromatic rings. The third-order valence-corrected chi connectivity index (χ3v) is 3.30. The summed E-state index contributed by atoms with van der Waals surface area (Å²) >= 11 is 0. The number of benzene rings is 1. The summed E-state index contributed by atoms with van der Waals surface area (Å²) in [5, 5.41) is 13.5. The average Bonchev–Trinajstić information content (AvgIpc) is 2.26. The lowest BCUT2D eigenvalue weighted by Crippen LogP contribution is -2.32. The zero-order valence-corrected chi connectivity index (χ0v) is 9.89. The molecule has 2 rings (SSSR count). The number of hydrogen-bond acceptors (Lipinski definition) is 4. The van der Waals surface area contributed by atoms with E-state index in [4.69, 9.17) is 5.73 Å². The summed E-state index contributed by atoms with van der Waals surface area (Å²) < 4.78 is 0. The zero-order chi connectivity index (χ0) is 13.1. The highest BCUT2D eigenvalue weighted by Crippen LogP contribution is 2.26. The van der Waals surface area contributed by atoms with Gasteiger partial charge in [-0.15, -0.1) is 0 Å². The Balaban J connectivity index is 2.09. The van der Waals surface area contributed by atoms with Gasteiger partial charge in [0.25, 0.3) is 11.6 Å². The first kappa shape index (κ1) is 12.3. The van der Waals surface area contributed by atoms with Crippen LogP contribution in [0.1, 0.15) is 29.6 Å². The number of amides is 1. The van der Waals surface area contributed by atoms with Crippen molar-refractivity contribution in [2.75, 3.05) is 12.3 Å². The van der Waals surface area contributed by atoms with Gasteiger partial charge in [0.15, 0.2) is 0 Å². The fourth-order valence-electron chi connectivity index (χ4n) is 1.94. The lowest BCUT2D eigenvalue weighted by atomic mass is 9.85. The van der Waals surface area contributed by atoms with Crippen molar-refractivity contribution in [2.45, 2.75) is 19.3 Å². The van der Waals surface area contributed by atoms with Gasteiger partial charge in [-0.05, 0) is 24.8 Å². The van der Waals surface area contributed by atoms with Gasteiger partial charge >= 0.3 is 0 Å². The van der Waals surface area contributed by atoms with E-state index in [2.05, 4.69) is 5.32 Å². The molecular formula is C12H15N3O3. The van der Waals surface area contributed by atoms with E-state index in [1.807, 2.05) is 0 Å². The lowest BCUT2D eigenvalue weighted by Gasteiger charge is -2.25. The molecule has 1 aliphatic carbocycles. The summed E-state index contributed by atoms with van der Waals surface area (Å²) in [7, 11) is 0. The van der Waals surface area contributed by atoms with Crippen LogP contribution in [0.4, 0.5) is 11.4 Å². The highest BCUT2D eigenvalue weighted by Gasteiger charge is 2.21. The van der Waals surface area contributed by atoms with Crippen LogP contribution in [0.25, 0.3) is 0 Å². The van der Waals surface area contributed by atoms with Crippen LogP contribution in [-0.4, -0.2) is 17.4 Å². The van der Waals surface area contributed by atoms with Crippen LogP contribution in [0.15, 0.2) is 18.2 Å². The molecule has 1 saturated carbocycles. The van der Waals surface area contributed by atoms with Crippen molar-refractivity contribution in [3.63, 3.8) is 0 Å². The van der Waals surface area contributed by atoms with Crippen molar-refractivity contribution in [3.05, 3.63) is 33.9 Å². The van der Waals surface area contributed by atoms with Gasteiger partial charge in [0.2, 0.25) is 0 Å². The number of anilines is 1. The monoisotopic (exact) mass is 249 g/mol. The van der Waals surface area contributed by atoms with Crippen molar-refractivity contribution in [2.24, 2.45) is 5.92 Å². The summed E-state index contributed by atoms with van der Waals surface area (Å²) in [4.78, 5) is 22.0. The molecule has 6 heteroatoms. The summed E-state index contributed by atoms with van der Waals surface area (Å²) in [5.74, 6) is 0.192. The quantitative estimate of drug-likeness (QED) is 0.482. The van der Waals surface area contributed by atoms with Crippen LogP contribution >= 0.6 is 0 Å². The van der Waals surface area contributed by atoms with Gasteiger partial charge in [0.05, 0.1) is 10.5 Å². The third kappa shape index (κ3) is 2.42. The van der Waals surface area contributed by atoms with Crippen LogP contribution in [0.5, 0.6) is 0 Å². The van der Waals surface area contributed by atoms with E-state index in [-0.39, 0.29) is 22.8 Å². The maximum atomic E-state index is 11.9. The molecule has 0 spiro atoms. The molecule has 3 N–H and O–H groups in total. The summed E-state index contributed by atoms with van der Waals surface area (Å²) in [6.07, 6.45) is 3.47. The van der Waals surface area contributed by atoms with Crippen molar-refractivity contribution in [3.8, 4) is 0 Å². The largest absolute Gasteiger partial charge is 0.393 e. The average molecular weight is 249 g/mol. The van der Waals surface area contributed by atoms with Gasteiger partial charge in [-0.2, -0.15) is 0 Å². The predicted octanol–water partition coefficient (Wildman–Crippen LogP) is 1.71. The number of carbonyl (C=O) groups is 1. The second kappa shape index (κ2) is 5.03. The molecule has 96 valence electrons. The van der Waals surface area contributed by atoms with Gasteiger partial charge in [-0.1, -0.05) is 12.5 Å². The number of rotatable bonds is 4. The molecule has 0 bridgehead atoms. The number of hydrogen-bond donors (Lipinski definition) is 2. The number of nitrogen functional groups attached to an aromatic ring is 1. The van der Waals surface area contributed by atoms with E-state index in [9.17, 15) is 14.9 Å². The highest BCUT2D eigenvalue weighted by molar-refractivity contribution is 6.00. The maximum Gasteiger partial charge on any atom is 0.292 e. The number of nitrogens with zero attached hydrogens (tertiary/aromatic N) is 1. The predicted molar refractivity (Wildman–Crippen MR) is 67.2 cm³/mol. The Morgan fingerprint density at radius 2 is 2.22 bits per heavy atom. The molecule has 6 nitrogen and oxygen atoms in total. The Bertz CT molecular complexity index is 483. The molecule has 1 amide bonds. The Morgan fingerprint density at radius 1 is 1.50 bits per heavy atom. The van der Waals surface area contributed by atoms with Gasteiger partial charge < -0.3 is 11.1 Å². The summed E-state index contributed by atoms with van der Waals surface area (Å²) in [5.41, 5.74) is 5.50. The Kier molecular flexibility index (Phi) is 3.45. The van der Waals surface area contributed by atoms with Gasteiger partial charge in [0.1, 0.15) is 5.69 Å². The smallest absolute Gasteiger partial charge is 0.292 e. The normalized spacial score (nSPS) is 14.9. The second-order valence-electron chi connectivity index (χ2n) is 4.50. The van der Waals surface area contributed by atoms with Crippen LogP contribution in [0.3, 0.4) is 0 Å². The molecule has 0 aliphatic heterocycles. The Morgan fingerprint density at radius 3 is 2.78 bits per heavy atom. The minimum Gasteiger partial charge on any atom is -0.393 e. The summed E-state index contributed by atoms with van der Waals surface area (Å²) in [6, 6.07) is 4.25. The highest BCUT2D eigenvalue weighted by atomic mass is 16.6. The van der Waals surface area contributed by atoms with Crippen molar-refractivity contribution < 1.29 is 9.72 Å². The van der Waals surface area contributed by atoms with Crippen molar-refractivity contribution in [1.82, 2.24) is 5.32 Å². The first-order chi connectivity index (χ1) is 8.59. The standard InChI is InChI=1S/C12H15N3O3/c13-11-9(5-2-6-10(11)15(17)18)12(16)14-7-8-3-1-4-8/h2,5-6,8H,1,3-4,7,13H2,(H,14,16). The van der Waals surface area contributed by atoms with E-state index in [0.717, 1.165) is 12.8 Å². The minimum atomic E-state index is -0.585. The molecule has 0 atom stereocenters. The molecule has 0 aromatic heterocycles. The number of nitro benzene ring substituents is 1. The van der Waals surface area contributed by atoms with Gasteiger partial charge in [0, 0.05) is 12.6 Å². The molecule has 0 unspecified atom stereocenters. The minimum absolute atomic E-state index is 0.0754. The zero-order valence-electron chi connectivity index (χ0n) is 9.89. The SMILES string of the molecule is Nc1c(C(=O)NCC2CCC2)cccc1[N+](=O)[O-]. The number of nitro groups is 1. The van der Waals surface area contributed by atoms with E-state index in [1.54, 1.807) is 0 Å². The number of carbonyl (C=O) groups excluding carboxylic acids is 1. The molecule has 0 saturated heterocycles. The van der Waals surface area contributed by atoms with Crippen LogP contribution in [0, 0.1) is 16.0 Å². The molecule has 1 fully saturated rings. The molecule has 0 heterocycles. The first-order valence-corrected chi connectivity index (χ1v) is 5.90.